The van der Waals surface area contributed by atoms with Gasteiger partial charge in [-0.3, -0.25) is 4.79 Å². The van der Waals surface area contributed by atoms with E-state index >= 15 is 0 Å². The normalized spacial score (nSPS) is 12.7. The van der Waals surface area contributed by atoms with Gasteiger partial charge in [-0.2, -0.15) is 0 Å². The van der Waals surface area contributed by atoms with Crippen molar-refractivity contribution >= 4 is 5.91 Å². The third kappa shape index (κ3) is 11.4. The Kier molecular flexibility index (Phi) is 9.59. The van der Waals surface area contributed by atoms with Crippen LogP contribution in [0.25, 0.3) is 0 Å². The molecular formula is C12H26N2O. The first-order valence-electron chi connectivity index (χ1n) is 6.18. The van der Waals surface area contributed by atoms with Gasteiger partial charge in [0.2, 0.25) is 5.91 Å². The van der Waals surface area contributed by atoms with Crippen molar-refractivity contribution in [3.05, 3.63) is 0 Å². The fraction of sp³-hybridized carbons (Fsp3) is 0.917. The van der Waals surface area contributed by atoms with Crippen molar-refractivity contribution < 1.29 is 4.79 Å². The van der Waals surface area contributed by atoms with Crippen LogP contribution in [0.15, 0.2) is 0 Å². The van der Waals surface area contributed by atoms with E-state index in [2.05, 4.69) is 12.2 Å². The Bertz CT molecular complexity index is 160. The number of hydrogen-bond acceptors (Lipinski definition) is 2. The molecule has 0 radical (unpaired) electrons. The number of carbonyl (C=O) groups excluding carboxylic acids is 1. The number of amides is 1. The summed E-state index contributed by atoms with van der Waals surface area (Å²) in [4.78, 5) is 10.6. The lowest BCUT2D eigenvalue weighted by molar-refractivity contribution is -0.118. The molecule has 0 heterocycles. The molecule has 0 rings (SSSR count). The molecule has 0 fully saturated rings. The second-order valence-corrected chi connectivity index (χ2v) is 4.29. The Balaban J connectivity index is 3.13. The SMILES string of the molecule is CCCCCCCCNC(C)CC(N)=O. The van der Waals surface area contributed by atoms with Crippen molar-refractivity contribution in [2.45, 2.75) is 64.8 Å². The Labute approximate surface area is 93.8 Å². The fourth-order valence-electron chi connectivity index (χ4n) is 1.63. The van der Waals surface area contributed by atoms with Gasteiger partial charge in [-0.15, -0.1) is 0 Å². The van der Waals surface area contributed by atoms with Crippen LogP contribution in [0.4, 0.5) is 0 Å². The first-order chi connectivity index (χ1) is 7.16. The molecule has 1 atom stereocenters. The highest BCUT2D eigenvalue weighted by molar-refractivity contribution is 5.74. The molecule has 0 spiro atoms. The van der Waals surface area contributed by atoms with Gasteiger partial charge in [-0.05, 0) is 19.9 Å². The predicted molar refractivity (Wildman–Crippen MR) is 64.7 cm³/mol. The number of hydrogen-bond donors (Lipinski definition) is 2. The van der Waals surface area contributed by atoms with Crippen LogP contribution < -0.4 is 11.1 Å². The first kappa shape index (κ1) is 14.4. The molecule has 0 aliphatic heterocycles. The van der Waals surface area contributed by atoms with Crippen molar-refractivity contribution in [1.82, 2.24) is 5.32 Å². The minimum atomic E-state index is -0.224. The Morgan fingerprint density at radius 3 is 2.40 bits per heavy atom. The molecule has 3 nitrogen and oxygen atoms in total. The average Bonchev–Trinajstić information content (AvgIpc) is 2.15. The zero-order valence-corrected chi connectivity index (χ0v) is 10.2. The van der Waals surface area contributed by atoms with Crippen LogP contribution in [0, 0.1) is 0 Å². The molecule has 0 aliphatic carbocycles. The predicted octanol–water partition coefficient (Wildman–Crippen LogP) is 2.20. The van der Waals surface area contributed by atoms with Gasteiger partial charge < -0.3 is 11.1 Å². The Morgan fingerprint density at radius 2 is 1.80 bits per heavy atom. The van der Waals surface area contributed by atoms with Gasteiger partial charge in [0.15, 0.2) is 0 Å². The van der Waals surface area contributed by atoms with Crippen LogP contribution in [0.2, 0.25) is 0 Å². The van der Waals surface area contributed by atoms with Crippen molar-refractivity contribution in [3.63, 3.8) is 0 Å². The van der Waals surface area contributed by atoms with E-state index in [4.69, 9.17) is 5.73 Å². The molecule has 1 unspecified atom stereocenters. The lowest BCUT2D eigenvalue weighted by atomic mass is 10.1. The summed E-state index contributed by atoms with van der Waals surface area (Å²) in [5.74, 6) is -0.224. The number of carbonyl (C=O) groups is 1. The second-order valence-electron chi connectivity index (χ2n) is 4.29. The van der Waals surface area contributed by atoms with E-state index in [1.807, 2.05) is 6.92 Å². The Hall–Kier alpha value is -0.570. The van der Waals surface area contributed by atoms with E-state index in [1.54, 1.807) is 0 Å². The van der Waals surface area contributed by atoms with Gasteiger partial charge in [0, 0.05) is 12.5 Å². The van der Waals surface area contributed by atoms with Crippen LogP contribution in [0.1, 0.15) is 58.8 Å². The quantitative estimate of drug-likeness (QED) is 0.548. The van der Waals surface area contributed by atoms with Crippen LogP contribution in [-0.2, 0) is 4.79 Å². The molecule has 0 bridgehead atoms. The van der Waals surface area contributed by atoms with Crippen molar-refractivity contribution in [1.29, 1.82) is 0 Å². The molecule has 90 valence electrons. The summed E-state index contributed by atoms with van der Waals surface area (Å²) in [6, 6.07) is 0.221. The lowest BCUT2D eigenvalue weighted by Crippen LogP contribution is -2.31. The monoisotopic (exact) mass is 214 g/mol. The van der Waals surface area contributed by atoms with Gasteiger partial charge in [-0.25, -0.2) is 0 Å². The summed E-state index contributed by atoms with van der Waals surface area (Å²) in [6.45, 7) is 5.23. The van der Waals surface area contributed by atoms with E-state index < -0.39 is 0 Å². The molecule has 3 heteroatoms. The van der Waals surface area contributed by atoms with Gasteiger partial charge in [0.05, 0.1) is 0 Å². The summed E-state index contributed by atoms with van der Waals surface area (Å²) >= 11 is 0. The molecule has 0 saturated carbocycles. The van der Waals surface area contributed by atoms with Crippen LogP contribution in [-0.4, -0.2) is 18.5 Å². The zero-order valence-electron chi connectivity index (χ0n) is 10.2. The number of nitrogens with one attached hydrogen (secondary N) is 1. The van der Waals surface area contributed by atoms with E-state index in [-0.39, 0.29) is 11.9 Å². The molecule has 3 N–H and O–H groups in total. The van der Waals surface area contributed by atoms with Crippen molar-refractivity contribution in [2.75, 3.05) is 6.54 Å². The summed E-state index contributed by atoms with van der Waals surface area (Å²) in [6.07, 6.45) is 8.27. The van der Waals surface area contributed by atoms with Crippen molar-refractivity contribution in [2.24, 2.45) is 5.73 Å². The summed E-state index contributed by atoms with van der Waals surface area (Å²) in [5, 5.41) is 3.30. The summed E-state index contributed by atoms with van der Waals surface area (Å²) < 4.78 is 0. The highest BCUT2D eigenvalue weighted by atomic mass is 16.1. The molecule has 0 aliphatic rings. The fourth-order valence-corrected chi connectivity index (χ4v) is 1.63. The second kappa shape index (κ2) is 9.97. The minimum Gasteiger partial charge on any atom is -0.370 e. The van der Waals surface area contributed by atoms with E-state index in [0.717, 1.165) is 6.54 Å². The molecule has 0 aromatic carbocycles. The summed E-state index contributed by atoms with van der Waals surface area (Å²) in [5.41, 5.74) is 5.10. The maximum atomic E-state index is 10.6. The van der Waals surface area contributed by atoms with Gasteiger partial charge in [0.25, 0.3) is 0 Å². The average molecular weight is 214 g/mol. The third-order valence-electron chi connectivity index (χ3n) is 2.53. The van der Waals surface area contributed by atoms with Crippen LogP contribution >= 0.6 is 0 Å². The van der Waals surface area contributed by atoms with Crippen molar-refractivity contribution in [3.8, 4) is 0 Å². The van der Waals surface area contributed by atoms with Gasteiger partial charge >= 0.3 is 0 Å². The number of unbranched alkanes of at least 4 members (excludes halogenated alkanes) is 5. The highest BCUT2D eigenvalue weighted by Gasteiger charge is 2.03. The Morgan fingerprint density at radius 1 is 1.20 bits per heavy atom. The smallest absolute Gasteiger partial charge is 0.218 e. The van der Waals surface area contributed by atoms with Crippen LogP contribution in [0.3, 0.4) is 0 Å². The maximum Gasteiger partial charge on any atom is 0.218 e. The van der Waals surface area contributed by atoms with Gasteiger partial charge in [0.1, 0.15) is 0 Å². The lowest BCUT2D eigenvalue weighted by Gasteiger charge is -2.11. The molecular weight excluding hydrogens is 188 g/mol. The minimum absolute atomic E-state index is 0.221. The zero-order chi connectivity index (χ0) is 11.5. The topological polar surface area (TPSA) is 55.1 Å². The molecule has 0 aromatic rings. The molecule has 1 amide bonds. The van der Waals surface area contributed by atoms with E-state index in [9.17, 15) is 4.79 Å². The highest BCUT2D eigenvalue weighted by Crippen LogP contribution is 2.04. The van der Waals surface area contributed by atoms with Crippen LogP contribution in [0.5, 0.6) is 0 Å². The largest absolute Gasteiger partial charge is 0.370 e. The molecule has 0 aromatic heterocycles. The maximum absolute atomic E-state index is 10.6. The van der Waals surface area contributed by atoms with E-state index in [0.29, 0.717) is 6.42 Å². The number of primary amides is 1. The standard InChI is InChI=1S/C12H26N2O/c1-3-4-5-6-7-8-9-14-11(2)10-12(13)15/h11,14H,3-10H2,1-2H3,(H2,13,15). The molecule has 0 saturated heterocycles. The summed E-state index contributed by atoms with van der Waals surface area (Å²) in [7, 11) is 0. The third-order valence-corrected chi connectivity index (χ3v) is 2.53. The first-order valence-corrected chi connectivity index (χ1v) is 6.18. The molecule has 15 heavy (non-hydrogen) atoms. The number of rotatable bonds is 10. The van der Waals surface area contributed by atoms with E-state index in [1.165, 1.54) is 38.5 Å². The number of nitrogens with two attached hydrogens (primary N) is 1. The van der Waals surface area contributed by atoms with Gasteiger partial charge in [-0.1, -0.05) is 39.0 Å².